The van der Waals surface area contributed by atoms with Crippen molar-refractivity contribution in [2.24, 2.45) is 0 Å². The maximum absolute atomic E-state index is 11.8. The largest absolute Gasteiger partial charge is 0.549 e. The second-order valence-electron chi connectivity index (χ2n) is 1.48. The Bertz CT molecular complexity index is 200. The molecular formula is C3F6O5. The zero-order valence-electron chi connectivity index (χ0n) is 5.81. The first-order valence-electron chi connectivity index (χ1n) is 2.49. The zero-order chi connectivity index (χ0) is 11.4. The number of hydrogen-bond acceptors (Lipinski definition) is 5. The Hall–Kier alpha value is -1.07. The summed E-state index contributed by atoms with van der Waals surface area (Å²) in [6.07, 6.45) is -13.4. The monoisotopic (exact) mass is 230 g/mol. The highest BCUT2D eigenvalue weighted by molar-refractivity contribution is 5.56. The molecule has 0 atom stereocenters. The molecule has 0 aromatic rings. The lowest BCUT2D eigenvalue weighted by Gasteiger charge is -2.12. The van der Waals surface area contributed by atoms with Gasteiger partial charge in [-0.3, -0.25) is 4.89 Å². The van der Waals surface area contributed by atoms with E-state index in [2.05, 4.69) is 19.6 Å². The molecule has 0 aliphatic heterocycles. The lowest BCUT2D eigenvalue weighted by Crippen LogP contribution is -2.29. The molecule has 0 heterocycles. The van der Waals surface area contributed by atoms with Crippen molar-refractivity contribution in [1.29, 1.82) is 0 Å². The molecule has 0 aromatic heterocycles. The lowest BCUT2D eigenvalue weighted by molar-refractivity contribution is -0.626. The number of halogens is 6. The quantitative estimate of drug-likeness (QED) is 0.243. The van der Waals surface area contributed by atoms with E-state index < -0.39 is 18.9 Å². The van der Waals surface area contributed by atoms with Crippen molar-refractivity contribution in [3.05, 3.63) is 0 Å². The summed E-state index contributed by atoms with van der Waals surface area (Å²) in [5, 5.41) is 0. The molecule has 0 aliphatic carbocycles. The van der Waals surface area contributed by atoms with Crippen molar-refractivity contribution in [1.82, 2.24) is 0 Å². The minimum absolute atomic E-state index is 2.14. The Morgan fingerprint density at radius 1 is 0.929 bits per heavy atom. The molecule has 84 valence electrons. The second kappa shape index (κ2) is 4.43. The van der Waals surface area contributed by atoms with Gasteiger partial charge in [0.1, 0.15) is 0 Å². The van der Waals surface area contributed by atoms with E-state index in [1.165, 1.54) is 0 Å². The fourth-order valence-electron chi connectivity index (χ4n) is 0.191. The summed E-state index contributed by atoms with van der Waals surface area (Å²) < 4.78 is 67.9. The summed E-state index contributed by atoms with van der Waals surface area (Å²) in [7, 11) is 0. The van der Waals surface area contributed by atoms with Gasteiger partial charge in [-0.25, -0.2) is 4.79 Å². The van der Waals surface area contributed by atoms with Gasteiger partial charge in [-0.2, -0.15) is 0 Å². The summed E-state index contributed by atoms with van der Waals surface area (Å²) in [5.74, 6) is 0. The van der Waals surface area contributed by atoms with E-state index in [0.717, 1.165) is 0 Å². The average Bonchev–Trinajstić information content (AvgIpc) is 1.97. The molecule has 0 saturated carbocycles. The molecule has 0 saturated heterocycles. The van der Waals surface area contributed by atoms with Crippen molar-refractivity contribution in [3.8, 4) is 0 Å². The fourth-order valence-corrected chi connectivity index (χ4v) is 0.191. The summed E-state index contributed by atoms with van der Waals surface area (Å²) in [6.45, 7) is 0. The third kappa shape index (κ3) is 7.57. The van der Waals surface area contributed by atoms with Crippen molar-refractivity contribution in [3.63, 3.8) is 0 Å². The van der Waals surface area contributed by atoms with Crippen LogP contribution < -0.4 is 0 Å². The van der Waals surface area contributed by atoms with Crippen molar-refractivity contribution >= 4 is 6.22 Å². The molecule has 0 bridgehead atoms. The van der Waals surface area contributed by atoms with E-state index in [9.17, 15) is 31.1 Å². The number of rotatable bonds is 4. The summed E-state index contributed by atoms with van der Waals surface area (Å²) in [6, 6.07) is 0. The maximum Gasteiger partial charge on any atom is 0.549 e. The SMILES string of the molecule is O=C(F)OOC(F)(F)OOC(F)(F)F. The molecule has 0 N–H and O–H groups in total. The Labute approximate surface area is 70.9 Å². The molecule has 14 heavy (non-hydrogen) atoms. The topological polar surface area (TPSA) is 54.0 Å². The van der Waals surface area contributed by atoms with Crippen molar-refractivity contribution in [2.75, 3.05) is 0 Å². The minimum Gasteiger partial charge on any atom is -0.257 e. The van der Waals surface area contributed by atoms with Gasteiger partial charge in [-0.1, -0.05) is 4.89 Å². The van der Waals surface area contributed by atoms with Gasteiger partial charge in [0.25, 0.3) is 0 Å². The Morgan fingerprint density at radius 2 is 1.43 bits per heavy atom. The summed E-state index contributed by atoms with van der Waals surface area (Å²) in [5.41, 5.74) is 0. The van der Waals surface area contributed by atoms with Gasteiger partial charge in [-0.05, 0) is 0 Å². The van der Waals surface area contributed by atoms with E-state index in [1.54, 1.807) is 0 Å². The van der Waals surface area contributed by atoms with Gasteiger partial charge >= 0.3 is 18.9 Å². The van der Waals surface area contributed by atoms with Gasteiger partial charge in [0, 0.05) is 0 Å². The van der Waals surface area contributed by atoms with Crippen LogP contribution in [0.25, 0.3) is 0 Å². The van der Waals surface area contributed by atoms with Crippen LogP contribution in [0.4, 0.5) is 31.1 Å². The van der Waals surface area contributed by atoms with Crippen molar-refractivity contribution < 1.29 is 50.7 Å². The first kappa shape index (κ1) is 12.9. The van der Waals surface area contributed by atoms with E-state index in [-0.39, 0.29) is 0 Å². The molecule has 0 spiro atoms. The Kier molecular flexibility index (Phi) is 4.09. The second-order valence-corrected chi connectivity index (χ2v) is 1.48. The molecule has 0 amide bonds. The normalized spacial score (nSPS) is 12.7. The highest BCUT2D eigenvalue weighted by Gasteiger charge is 2.43. The van der Waals surface area contributed by atoms with Gasteiger partial charge in [0.2, 0.25) is 0 Å². The van der Waals surface area contributed by atoms with Crippen LogP contribution in [0.1, 0.15) is 0 Å². The van der Waals surface area contributed by atoms with Gasteiger partial charge in [0.05, 0.1) is 0 Å². The van der Waals surface area contributed by atoms with Gasteiger partial charge in [0.15, 0.2) is 0 Å². The molecule has 0 rings (SSSR count). The van der Waals surface area contributed by atoms with E-state index >= 15 is 0 Å². The number of alkyl halides is 5. The first-order valence-corrected chi connectivity index (χ1v) is 2.49. The fraction of sp³-hybridized carbons (Fsp3) is 0.667. The Morgan fingerprint density at radius 3 is 1.79 bits per heavy atom. The molecule has 0 fully saturated rings. The van der Waals surface area contributed by atoms with Crippen molar-refractivity contribution in [2.45, 2.75) is 12.7 Å². The lowest BCUT2D eigenvalue weighted by atomic mass is 11.3. The number of hydrogen-bond donors (Lipinski definition) is 0. The standard InChI is InChI=1S/C3F6O5/c4-1(10)11-13-3(8,9)14-12-2(5,6)7. The maximum atomic E-state index is 11.8. The third-order valence-electron chi connectivity index (χ3n) is 0.437. The molecular weight excluding hydrogens is 230 g/mol. The molecule has 5 nitrogen and oxygen atoms in total. The van der Waals surface area contributed by atoms with E-state index in [4.69, 9.17) is 0 Å². The molecule has 0 unspecified atom stereocenters. The van der Waals surface area contributed by atoms with Gasteiger partial charge in [-0.15, -0.1) is 36.1 Å². The number of carbonyl (C=O) groups excluding carboxylic acids is 1. The van der Waals surface area contributed by atoms with Crippen LogP contribution in [0.15, 0.2) is 0 Å². The van der Waals surface area contributed by atoms with Crippen LogP contribution in [0.2, 0.25) is 0 Å². The highest BCUT2D eigenvalue weighted by Crippen LogP contribution is 2.24. The van der Waals surface area contributed by atoms with Crippen LogP contribution >= 0.6 is 0 Å². The molecule has 0 radical (unpaired) electrons. The number of carbonyl (C=O) groups is 1. The zero-order valence-corrected chi connectivity index (χ0v) is 5.81. The van der Waals surface area contributed by atoms with E-state index in [0.29, 0.717) is 0 Å². The smallest absolute Gasteiger partial charge is 0.257 e. The van der Waals surface area contributed by atoms with Crippen LogP contribution in [0.5, 0.6) is 0 Å². The Balaban J connectivity index is 3.89. The molecule has 0 aromatic carbocycles. The van der Waals surface area contributed by atoms with Gasteiger partial charge < -0.3 is 0 Å². The van der Waals surface area contributed by atoms with Crippen LogP contribution in [0.3, 0.4) is 0 Å². The minimum atomic E-state index is -5.52. The van der Waals surface area contributed by atoms with Crippen LogP contribution in [-0.2, 0) is 19.6 Å². The third-order valence-corrected chi connectivity index (χ3v) is 0.437. The van der Waals surface area contributed by atoms with E-state index in [1.807, 2.05) is 0 Å². The first-order chi connectivity index (χ1) is 6.12. The predicted octanol–water partition coefficient (Wildman–Crippen LogP) is 2.04. The predicted molar refractivity (Wildman–Crippen MR) is 21.8 cm³/mol. The van der Waals surface area contributed by atoms with Crippen LogP contribution in [-0.4, -0.2) is 18.9 Å². The molecule has 11 heteroatoms. The highest BCUT2D eigenvalue weighted by atomic mass is 19.4. The van der Waals surface area contributed by atoms with Crippen LogP contribution in [0, 0.1) is 0 Å². The summed E-state index contributed by atoms with van der Waals surface area (Å²) >= 11 is 0. The summed E-state index contributed by atoms with van der Waals surface area (Å²) in [4.78, 5) is 18.7. The molecule has 0 aliphatic rings. The average molecular weight is 230 g/mol.